The van der Waals surface area contributed by atoms with Crippen molar-refractivity contribution in [2.45, 2.75) is 80.1 Å². The summed E-state index contributed by atoms with van der Waals surface area (Å²) in [5.41, 5.74) is 15.4. The molecule has 8 bridgehead atoms. The van der Waals surface area contributed by atoms with Gasteiger partial charge in [-0.05, 0) is 122 Å². The monoisotopic (exact) mass is 602 g/mol. The van der Waals surface area contributed by atoms with E-state index >= 15 is 0 Å². The zero-order valence-electron chi connectivity index (χ0n) is 25.6. The Hall–Kier alpha value is -4.17. The second-order valence-electron chi connectivity index (χ2n) is 11.2. The zero-order valence-corrected chi connectivity index (χ0v) is 26.4. The van der Waals surface area contributed by atoms with Crippen LogP contribution in [-0.2, 0) is 22.4 Å². The van der Waals surface area contributed by atoms with E-state index in [2.05, 4.69) is 49.8 Å². The molecule has 0 saturated heterocycles. The summed E-state index contributed by atoms with van der Waals surface area (Å²) in [6, 6.07) is 8.19. The van der Waals surface area contributed by atoms with Crippen molar-refractivity contribution in [1.82, 2.24) is 19.9 Å². The van der Waals surface area contributed by atoms with E-state index in [4.69, 9.17) is 9.97 Å². The van der Waals surface area contributed by atoms with Crippen LogP contribution in [0.15, 0.2) is 24.3 Å². The second kappa shape index (κ2) is 12.6. The third-order valence-electron chi connectivity index (χ3n) is 8.69. The number of hydrogen-bond donors (Lipinski definition) is 4. The summed E-state index contributed by atoms with van der Waals surface area (Å²) in [7, 11) is 0. The van der Waals surface area contributed by atoms with Crippen LogP contribution in [0.1, 0.15) is 98.4 Å². The van der Waals surface area contributed by atoms with Crippen LogP contribution < -0.4 is 0 Å². The molecule has 8 nitrogen and oxygen atoms in total. The fraction of sp³-hybridized carbons (Fsp3) is 0.353. The minimum Gasteiger partial charge on any atom is -0.481 e. The molecule has 4 N–H and O–H groups in total. The number of allylic oxidation sites excluding steroid dienone is 4. The van der Waals surface area contributed by atoms with Crippen molar-refractivity contribution in [2.75, 3.05) is 0 Å². The maximum absolute atomic E-state index is 11.5. The molecule has 0 radical (unpaired) electrons. The van der Waals surface area contributed by atoms with Crippen LogP contribution >= 0.6 is 12.4 Å². The van der Waals surface area contributed by atoms with Crippen LogP contribution in [0.5, 0.6) is 0 Å². The van der Waals surface area contributed by atoms with Crippen LogP contribution in [0.2, 0.25) is 0 Å². The number of aliphatic carboxylic acids is 2. The van der Waals surface area contributed by atoms with Gasteiger partial charge in [-0.3, -0.25) is 9.59 Å². The molecule has 5 rings (SSSR count). The molecule has 0 unspecified atom stereocenters. The summed E-state index contributed by atoms with van der Waals surface area (Å²) in [6.07, 6.45) is 2.37. The van der Waals surface area contributed by atoms with Gasteiger partial charge in [0, 0.05) is 34.9 Å². The Morgan fingerprint density at radius 2 is 1.02 bits per heavy atom. The first-order valence-electron chi connectivity index (χ1n) is 14.6. The van der Waals surface area contributed by atoms with E-state index in [0.717, 1.165) is 74.2 Å². The number of aromatic amines is 2. The molecule has 43 heavy (non-hydrogen) atoms. The topological polar surface area (TPSA) is 132 Å². The fourth-order valence-corrected chi connectivity index (χ4v) is 6.22. The highest BCUT2D eigenvalue weighted by Gasteiger charge is 2.22. The molecule has 9 heteroatoms. The van der Waals surface area contributed by atoms with E-state index in [1.54, 1.807) is 0 Å². The lowest BCUT2D eigenvalue weighted by Gasteiger charge is -2.05. The standard InChI is InChI=1S/C34H38N4O4.ClH/c1-7-21-17(3)25-13-26-19(5)23(9-11-33(39)40)31(37-26)16-32-24(10-12-34(41)42)20(6)28(38-32)15-30-22(8-2)18(4)27(36-30)14-29(21)35-25;/h13-16,35-36H,7-12H2,1-6H3,(H,39,40)(H,41,42);1H. The van der Waals surface area contributed by atoms with Crippen LogP contribution in [-0.4, -0.2) is 42.1 Å². The lowest BCUT2D eigenvalue weighted by Crippen LogP contribution is -1.97. The summed E-state index contributed by atoms with van der Waals surface area (Å²) < 4.78 is 0. The van der Waals surface area contributed by atoms with E-state index in [-0.39, 0.29) is 25.2 Å². The quantitative estimate of drug-likeness (QED) is 0.206. The largest absolute Gasteiger partial charge is 0.481 e. The Kier molecular flexibility index (Phi) is 9.30. The summed E-state index contributed by atoms with van der Waals surface area (Å²) in [5.74, 6) is -1.74. The number of H-pyrrole nitrogens is 2. The summed E-state index contributed by atoms with van der Waals surface area (Å²) >= 11 is 0. The lowest BCUT2D eigenvalue weighted by molar-refractivity contribution is -0.137. The van der Waals surface area contributed by atoms with E-state index in [1.165, 1.54) is 16.7 Å². The number of nitrogens with zero attached hydrogens (tertiary/aromatic N) is 2. The van der Waals surface area contributed by atoms with Gasteiger partial charge in [0.15, 0.2) is 0 Å². The Morgan fingerprint density at radius 3 is 1.44 bits per heavy atom. The van der Waals surface area contributed by atoms with Crippen LogP contribution in [0.4, 0.5) is 0 Å². The summed E-state index contributed by atoms with van der Waals surface area (Å²) in [4.78, 5) is 40.3. The predicted molar refractivity (Wildman–Crippen MR) is 175 cm³/mol. The highest BCUT2D eigenvalue weighted by molar-refractivity contribution is 5.96. The number of hydrogen-bond acceptors (Lipinski definition) is 4. The van der Waals surface area contributed by atoms with Gasteiger partial charge in [-0.25, -0.2) is 9.97 Å². The molecule has 0 amide bonds. The molecular formula is C34H39ClN4O4. The number of rotatable bonds is 8. The number of halogens is 1. The van der Waals surface area contributed by atoms with Gasteiger partial charge in [-0.15, -0.1) is 12.4 Å². The van der Waals surface area contributed by atoms with Gasteiger partial charge < -0.3 is 20.2 Å². The molecule has 0 spiro atoms. The van der Waals surface area contributed by atoms with Crippen LogP contribution in [0.25, 0.3) is 44.4 Å². The SMILES string of the molecule is CCc1c(C)c2cc3[nH]c(cc4nc(cc5nc(cc1[nH]2)C(C)=C5CCC(=O)O)C(CCC(=O)O)=C4C)c(C)c3CC.Cl. The molecular weight excluding hydrogens is 564 g/mol. The van der Waals surface area contributed by atoms with Crippen molar-refractivity contribution in [3.05, 3.63) is 69.3 Å². The lowest BCUT2D eigenvalue weighted by atomic mass is 9.98. The van der Waals surface area contributed by atoms with Gasteiger partial charge in [0.25, 0.3) is 0 Å². The summed E-state index contributed by atoms with van der Waals surface area (Å²) in [6.45, 7) is 12.5. The van der Waals surface area contributed by atoms with Crippen molar-refractivity contribution in [2.24, 2.45) is 0 Å². The number of carbonyl (C=O) groups is 2. The van der Waals surface area contributed by atoms with Gasteiger partial charge in [-0.2, -0.15) is 0 Å². The number of carboxylic acids is 2. The third-order valence-corrected chi connectivity index (χ3v) is 8.69. The number of aromatic nitrogens is 4. The molecule has 0 atom stereocenters. The first kappa shape index (κ1) is 31.8. The predicted octanol–water partition coefficient (Wildman–Crippen LogP) is 8.07. The van der Waals surface area contributed by atoms with Crippen LogP contribution in [0.3, 0.4) is 0 Å². The highest BCUT2D eigenvalue weighted by Crippen LogP contribution is 2.38. The molecule has 2 aliphatic heterocycles. The first-order chi connectivity index (χ1) is 20.0. The Labute approximate surface area is 257 Å². The minimum atomic E-state index is -0.869. The molecule has 0 saturated carbocycles. The zero-order chi connectivity index (χ0) is 30.3. The van der Waals surface area contributed by atoms with E-state index in [0.29, 0.717) is 24.2 Å². The molecule has 226 valence electrons. The third kappa shape index (κ3) is 6.02. The second-order valence-corrected chi connectivity index (χ2v) is 11.2. The minimum absolute atomic E-state index is 0. The molecule has 3 aromatic heterocycles. The number of aryl methyl sites for hydroxylation is 4. The maximum atomic E-state index is 11.5. The van der Waals surface area contributed by atoms with Crippen molar-refractivity contribution in [3.63, 3.8) is 0 Å². The fourth-order valence-electron chi connectivity index (χ4n) is 6.22. The van der Waals surface area contributed by atoms with Gasteiger partial charge in [0.1, 0.15) is 0 Å². The van der Waals surface area contributed by atoms with Gasteiger partial charge >= 0.3 is 11.9 Å². The molecule has 5 heterocycles. The number of fused-ring (bicyclic) bond motifs is 8. The van der Waals surface area contributed by atoms with E-state index < -0.39 is 11.9 Å². The average molecular weight is 603 g/mol. The Bertz CT molecular complexity index is 1860. The average Bonchev–Trinajstić information content (AvgIpc) is 3.59. The number of carboxylic acid groups (broad SMARTS) is 2. The molecule has 0 aromatic carbocycles. The van der Waals surface area contributed by atoms with Crippen molar-refractivity contribution < 1.29 is 19.8 Å². The van der Waals surface area contributed by atoms with Gasteiger partial charge in [-0.1, -0.05) is 13.8 Å². The van der Waals surface area contributed by atoms with Gasteiger partial charge in [0.2, 0.25) is 0 Å². The molecule has 0 aliphatic carbocycles. The van der Waals surface area contributed by atoms with Crippen molar-refractivity contribution >= 4 is 68.7 Å². The molecule has 3 aromatic rings. The van der Waals surface area contributed by atoms with E-state index in [9.17, 15) is 19.8 Å². The van der Waals surface area contributed by atoms with Gasteiger partial charge in [0.05, 0.1) is 22.8 Å². The van der Waals surface area contributed by atoms with E-state index in [1.807, 2.05) is 26.0 Å². The summed E-state index contributed by atoms with van der Waals surface area (Å²) in [5, 5.41) is 18.9. The van der Waals surface area contributed by atoms with Crippen molar-refractivity contribution in [1.29, 1.82) is 0 Å². The maximum Gasteiger partial charge on any atom is 0.303 e. The number of nitrogens with one attached hydrogen (secondary N) is 2. The van der Waals surface area contributed by atoms with Crippen molar-refractivity contribution in [3.8, 4) is 0 Å². The first-order valence-corrected chi connectivity index (χ1v) is 14.6. The normalized spacial score (nSPS) is 13.0. The smallest absolute Gasteiger partial charge is 0.303 e. The Balaban J connectivity index is 0.00000423. The molecule has 0 fully saturated rings. The highest BCUT2D eigenvalue weighted by atomic mass is 35.5. The molecule has 2 aliphatic rings. The van der Waals surface area contributed by atoms with Crippen LogP contribution in [0, 0.1) is 13.8 Å². The Morgan fingerprint density at radius 1 is 0.628 bits per heavy atom.